The summed E-state index contributed by atoms with van der Waals surface area (Å²) in [6.45, 7) is 2.83. The van der Waals surface area contributed by atoms with Gasteiger partial charge in [0.1, 0.15) is 11.4 Å². The van der Waals surface area contributed by atoms with Crippen LogP contribution < -0.4 is 10.6 Å². The molecule has 0 bridgehead atoms. The van der Waals surface area contributed by atoms with Crippen LogP contribution in [0, 0.1) is 0 Å². The summed E-state index contributed by atoms with van der Waals surface area (Å²) in [4.78, 5) is 23.2. The minimum absolute atomic E-state index is 0.0338. The van der Waals surface area contributed by atoms with Crippen molar-refractivity contribution < 1.29 is 35.9 Å². The third-order valence-corrected chi connectivity index (χ3v) is 6.62. The zero-order valence-electron chi connectivity index (χ0n) is 21.3. The third-order valence-electron chi connectivity index (χ3n) is 6.62. The number of amides is 1. The van der Waals surface area contributed by atoms with Crippen molar-refractivity contribution in [2.24, 2.45) is 0 Å². The van der Waals surface area contributed by atoms with Gasteiger partial charge in [-0.15, -0.1) is 0 Å². The number of aromatic nitrogens is 4. The molecule has 2 saturated heterocycles. The predicted molar refractivity (Wildman–Crippen MR) is 128 cm³/mol. The number of nitrogens with one attached hydrogen (secondary N) is 2. The first-order valence-corrected chi connectivity index (χ1v) is 12.6. The number of halogens is 6. The molecule has 4 heterocycles. The van der Waals surface area contributed by atoms with E-state index < -0.39 is 41.1 Å². The van der Waals surface area contributed by atoms with E-state index >= 15 is 0 Å². The Balaban J connectivity index is 1.50. The second-order valence-electron chi connectivity index (χ2n) is 9.51. The summed E-state index contributed by atoms with van der Waals surface area (Å²) >= 11 is 0. The molecular formula is C23H30F6N8O2. The van der Waals surface area contributed by atoms with Crippen LogP contribution in [0.3, 0.4) is 0 Å². The Bertz CT molecular complexity index is 1130. The topological polar surface area (TPSA) is 100 Å². The molecule has 10 nitrogen and oxygen atoms in total. The molecule has 2 aliphatic rings. The largest absolute Gasteiger partial charge is 0.437 e. The van der Waals surface area contributed by atoms with Crippen molar-refractivity contribution in [2.75, 3.05) is 63.6 Å². The fraction of sp³-hybridized carbons (Fsp3) is 0.652. The van der Waals surface area contributed by atoms with Gasteiger partial charge in [-0.2, -0.15) is 36.4 Å². The maximum Gasteiger partial charge on any atom is 0.437 e. The quantitative estimate of drug-likeness (QED) is 0.369. The van der Waals surface area contributed by atoms with E-state index in [4.69, 9.17) is 4.74 Å². The number of likely N-dealkylation sites (tertiary alicyclic amines) is 1. The molecule has 0 unspecified atom stereocenters. The molecule has 216 valence electrons. The molecule has 0 saturated carbocycles. The van der Waals surface area contributed by atoms with E-state index in [-0.39, 0.29) is 24.9 Å². The summed E-state index contributed by atoms with van der Waals surface area (Å²) in [5.41, 5.74) is -2.81. The lowest BCUT2D eigenvalue weighted by atomic mass is 10.1. The van der Waals surface area contributed by atoms with Gasteiger partial charge in [0.2, 0.25) is 11.9 Å². The number of carbonyl (C=O) groups is 1. The fourth-order valence-electron chi connectivity index (χ4n) is 4.48. The number of nitrogens with zero attached hydrogens (tertiary/aromatic N) is 6. The SMILES string of the molecule is CN1CCC(n2cc(Nc3ncc(C(F)(F)F)c(NCCCN4CCOCCC4=O)n3)c(C(F)(F)F)n2)CC1. The normalized spacial score (nSPS) is 18.3. The van der Waals surface area contributed by atoms with Crippen LogP contribution in [0.4, 0.5) is 43.8 Å². The molecule has 0 aromatic carbocycles. The lowest BCUT2D eigenvalue weighted by Gasteiger charge is -2.28. The Kier molecular flexibility index (Phi) is 8.83. The van der Waals surface area contributed by atoms with E-state index in [0.717, 1.165) is 0 Å². The number of rotatable bonds is 8. The summed E-state index contributed by atoms with van der Waals surface area (Å²) in [5, 5.41) is 8.75. The number of hydrogen-bond donors (Lipinski definition) is 2. The first-order valence-electron chi connectivity index (χ1n) is 12.6. The molecule has 2 aromatic rings. The number of ether oxygens (including phenoxy) is 1. The molecule has 39 heavy (non-hydrogen) atoms. The maximum atomic E-state index is 13.7. The van der Waals surface area contributed by atoms with Gasteiger partial charge in [-0.25, -0.2) is 4.98 Å². The molecule has 2 N–H and O–H groups in total. The van der Waals surface area contributed by atoms with E-state index in [2.05, 4.69) is 30.6 Å². The van der Waals surface area contributed by atoms with E-state index in [9.17, 15) is 31.1 Å². The van der Waals surface area contributed by atoms with Gasteiger partial charge in [0.25, 0.3) is 0 Å². The van der Waals surface area contributed by atoms with Gasteiger partial charge in [-0.3, -0.25) is 9.48 Å². The highest BCUT2D eigenvalue weighted by Crippen LogP contribution is 2.38. The van der Waals surface area contributed by atoms with Crippen LogP contribution in [-0.4, -0.2) is 88.4 Å². The van der Waals surface area contributed by atoms with E-state index in [0.29, 0.717) is 64.9 Å². The molecule has 0 spiro atoms. The Hall–Kier alpha value is -3.14. The van der Waals surface area contributed by atoms with Crippen LogP contribution in [0.5, 0.6) is 0 Å². The number of hydrogen-bond acceptors (Lipinski definition) is 8. The Morgan fingerprint density at radius 3 is 2.51 bits per heavy atom. The van der Waals surface area contributed by atoms with Gasteiger partial charge in [-0.05, 0) is 39.4 Å². The standard InChI is InChI=1S/C23H30F6N8O2/c1-35-8-3-15(4-9-35)37-14-17(19(34-37)23(27,28)29)32-21-31-13-16(22(24,25)26)20(33-21)30-6-2-7-36-10-12-39-11-5-18(36)38/h13-15H,2-12H2,1H3,(H2,30,31,32,33). The molecule has 0 aliphatic carbocycles. The average molecular weight is 565 g/mol. The third kappa shape index (κ3) is 7.50. The van der Waals surface area contributed by atoms with Crippen LogP contribution in [-0.2, 0) is 21.9 Å². The van der Waals surface area contributed by atoms with Crippen LogP contribution in [0.25, 0.3) is 0 Å². The van der Waals surface area contributed by atoms with E-state index in [1.165, 1.54) is 10.9 Å². The van der Waals surface area contributed by atoms with E-state index in [1.54, 1.807) is 4.90 Å². The maximum absolute atomic E-state index is 13.7. The minimum atomic E-state index is -4.80. The smallest absolute Gasteiger partial charge is 0.379 e. The van der Waals surface area contributed by atoms with Crippen LogP contribution in [0.15, 0.2) is 12.4 Å². The molecule has 2 aliphatic heterocycles. The van der Waals surface area contributed by atoms with Crippen molar-refractivity contribution in [1.29, 1.82) is 0 Å². The molecule has 2 fully saturated rings. The molecular weight excluding hydrogens is 534 g/mol. The van der Waals surface area contributed by atoms with Gasteiger partial charge in [0.05, 0.1) is 31.4 Å². The highest BCUT2D eigenvalue weighted by molar-refractivity contribution is 5.76. The van der Waals surface area contributed by atoms with Crippen molar-refractivity contribution in [2.45, 2.75) is 44.1 Å². The molecule has 1 amide bonds. The Labute approximate surface area is 220 Å². The van der Waals surface area contributed by atoms with Crippen molar-refractivity contribution in [3.05, 3.63) is 23.7 Å². The zero-order chi connectivity index (χ0) is 28.2. The second kappa shape index (κ2) is 11.9. The Morgan fingerprint density at radius 1 is 1.08 bits per heavy atom. The molecule has 0 radical (unpaired) electrons. The Morgan fingerprint density at radius 2 is 1.82 bits per heavy atom. The number of piperidine rings is 1. The molecule has 2 aromatic heterocycles. The van der Waals surface area contributed by atoms with Gasteiger partial charge >= 0.3 is 12.4 Å². The summed E-state index contributed by atoms with van der Waals surface area (Å²) in [7, 11) is 1.92. The minimum Gasteiger partial charge on any atom is -0.379 e. The summed E-state index contributed by atoms with van der Waals surface area (Å²) in [5.74, 6) is -1.13. The van der Waals surface area contributed by atoms with Crippen LogP contribution >= 0.6 is 0 Å². The predicted octanol–water partition coefficient (Wildman–Crippen LogP) is 3.77. The fourth-order valence-corrected chi connectivity index (χ4v) is 4.48. The summed E-state index contributed by atoms with van der Waals surface area (Å²) in [6.07, 6.45) is -6.13. The lowest BCUT2D eigenvalue weighted by molar-refractivity contribution is -0.141. The first-order chi connectivity index (χ1) is 18.4. The lowest BCUT2D eigenvalue weighted by Crippen LogP contribution is -2.33. The zero-order valence-corrected chi connectivity index (χ0v) is 21.3. The molecule has 0 atom stereocenters. The van der Waals surface area contributed by atoms with Gasteiger partial charge in [0.15, 0.2) is 5.69 Å². The van der Waals surface area contributed by atoms with Crippen LogP contribution in [0.1, 0.15) is 43.0 Å². The number of anilines is 3. The van der Waals surface area contributed by atoms with Gasteiger partial charge < -0.3 is 25.2 Å². The monoisotopic (exact) mass is 564 g/mol. The van der Waals surface area contributed by atoms with Crippen molar-refractivity contribution in [1.82, 2.24) is 29.5 Å². The average Bonchev–Trinajstić information content (AvgIpc) is 3.18. The molecule has 4 rings (SSSR count). The van der Waals surface area contributed by atoms with Crippen molar-refractivity contribution in [3.8, 4) is 0 Å². The highest BCUT2D eigenvalue weighted by atomic mass is 19.4. The number of carbonyl (C=O) groups excluding carboxylic acids is 1. The second-order valence-corrected chi connectivity index (χ2v) is 9.51. The molecule has 16 heteroatoms. The van der Waals surface area contributed by atoms with Gasteiger partial charge in [0, 0.05) is 32.0 Å². The summed E-state index contributed by atoms with van der Waals surface area (Å²) in [6, 6.07) is -0.244. The van der Waals surface area contributed by atoms with Crippen molar-refractivity contribution in [3.63, 3.8) is 0 Å². The van der Waals surface area contributed by atoms with Crippen molar-refractivity contribution >= 4 is 23.4 Å². The van der Waals surface area contributed by atoms with Gasteiger partial charge in [-0.1, -0.05) is 0 Å². The number of alkyl halides is 6. The van der Waals surface area contributed by atoms with E-state index in [1.807, 2.05) is 7.05 Å². The van der Waals surface area contributed by atoms with Crippen LogP contribution in [0.2, 0.25) is 0 Å². The first kappa shape index (κ1) is 28.9. The summed E-state index contributed by atoms with van der Waals surface area (Å²) < 4.78 is 88.5. The highest BCUT2D eigenvalue weighted by Gasteiger charge is 2.39.